The van der Waals surface area contributed by atoms with E-state index in [1.54, 1.807) is 0 Å². The van der Waals surface area contributed by atoms with Crippen molar-refractivity contribution in [1.82, 2.24) is 0 Å². The van der Waals surface area contributed by atoms with Crippen LogP contribution >= 0.6 is 0 Å². The summed E-state index contributed by atoms with van der Waals surface area (Å²) >= 11 is 0. The number of fused-ring (bicyclic) bond motifs is 6. The molecule has 0 atom stereocenters. The van der Waals surface area contributed by atoms with Crippen molar-refractivity contribution in [3.63, 3.8) is 0 Å². The molecule has 73 heavy (non-hydrogen) atoms. The average Bonchev–Trinajstić information content (AvgIpc) is 3.44. The van der Waals surface area contributed by atoms with Crippen LogP contribution in [0, 0.1) is 20.8 Å². The fourth-order valence-electron chi connectivity index (χ4n) is 11.7. The van der Waals surface area contributed by atoms with Gasteiger partial charge in [0.05, 0.1) is 5.69 Å². The zero-order chi connectivity index (χ0) is 49.0. The number of benzene rings is 12. The van der Waals surface area contributed by atoms with Crippen LogP contribution in [0.25, 0.3) is 88.3 Å². The maximum absolute atomic E-state index is 2.47. The highest BCUT2D eigenvalue weighted by Gasteiger charge is 2.39. The minimum atomic E-state index is 1.11. The first kappa shape index (κ1) is 43.8. The topological polar surface area (TPSA) is 6.48 Å². The van der Waals surface area contributed by atoms with Crippen molar-refractivity contribution >= 4 is 55.7 Å². The van der Waals surface area contributed by atoms with Crippen molar-refractivity contribution in [2.24, 2.45) is 0 Å². The molecule has 13 rings (SSSR count). The Kier molecular flexibility index (Phi) is 10.9. The van der Waals surface area contributed by atoms with Crippen molar-refractivity contribution in [3.8, 4) is 66.8 Å². The Morgan fingerprint density at radius 2 is 0.534 bits per heavy atom. The largest absolute Gasteiger partial charge is 0.310 e. The van der Waals surface area contributed by atoms with Gasteiger partial charge in [-0.2, -0.15) is 0 Å². The summed E-state index contributed by atoms with van der Waals surface area (Å²) < 4.78 is 0. The average molecular weight is 933 g/mol. The van der Waals surface area contributed by atoms with Crippen molar-refractivity contribution in [2.45, 2.75) is 20.8 Å². The van der Waals surface area contributed by atoms with Crippen molar-refractivity contribution in [1.29, 1.82) is 0 Å². The molecule has 12 aromatic rings. The predicted molar refractivity (Wildman–Crippen MR) is 311 cm³/mol. The van der Waals surface area contributed by atoms with Crippen LogP contribution in [0.4, 0.5) is 34.1 Å². The first-order valence-electron chi connectivity index (χ1n) is 25.4. The molecule has 1 aliphatic carbocycles. The normalized spacial score (nSPS) is 11.5. The summed E-state index contributed by atoms with van der Waals surface area (Å²) in [5.74, 6) is 0. The van der Waals surface area contributed by atoms with Crippen LogP contribution < -0.4 is 9.80 Å². The van der Waals surface area contributed by atoms with Crippen LogP contribution in [0.15, 0.2) is 261 Å². The van der Waals surface area contributed by atoms with Gasteiger partial charge in [-0.25, -0.2) is 0 Å². The smallest absolute Gasteiger partial charge is 0.0519 e. The van der Waals surface area contributed by atoms with Gasteiger partial charge in [-0.05, 0) is 180 Å². The van der Waals surface area contributed by atoms with Gasteiger partial charge < -0.3 is 9.80 Å². The minimum absolute atomic E-state index is 1.11. The van der Waals surface area contributed by atoms with Gasteiger partial charge in [0.2, 0.25) is 0 Å². The standard InChI is InChI=1S/C71H52N2/c1-47-25-22-23-40-62(47)72(54-36-18-8-19-37-54)56-41-43-58-60(45-56)65(52-32-14-6-15-33-52)69-67(63(58)50-28-10-4-11-29-50)70-66(53-34-16-7-17-35-53)61-46-57(42-44-59(61)64(68(69)70)51-30-12-5-13-31-51)73(55-38-20-9-21-39-55)71-48(2)26-24-27-49(71)3/h4-46H,1-3H3. The Balaban J connectivity index is 1.20. The minimum Gasteiger partial charge on any atom is -0.310 e. The van der Waals surface area contributed by atoms with E-state index in [0.717, 1.165) is 28.4 Å². The lowest BCUT2D eigenvalue weighted by Gasteiger charge is -2.38. The summed E-state index contributed by atoms with van der Waals surface area (Å²) in [7, 11) is 0. The van der Waals surface area contributed by atoms with Gasteiger partial charge in [0.1, 0.15) is 0 Å². The van der Waals surface area contributed by atoms with E-state index in [0.29, 0.717) is 0 Å². The van der Waals surface area contributed by atoms with Crippen LogP contribution in [-0.4, -0.2) is 0 Å². The Bertz CT molecular complexity index is 4000. The third kappa shape index (κ3) is 7.33. The van der Waals surface area contributed by atoms with E-state index in [9.17, 15) is 0 Å². The first-order valence-corrected chi connectivity index (χ1v) is 25.4. The number of hydrogen-bond donors (Lipinski definition) is 0. The highest BCUT2D eigenvalue weighted by Crippen LogP contribution is 2.66. The quantitative estimate of drug-likeness (QED) is 0.135. The predicted octanol–water partition coefficient (Wildman–Crippen LogP) is 20.2. The SMILES string of the molecule is Cc1ccccc1N(c1ccccc1)c1ccc2c(-c3ccccc3)c3c(c(-c4ccccc4)c2c1)-c1c-3c(-c2ccccc2)c2cc(N(c3ccccc3)c3c(C)cccc3C)ccc2c1-c1ccccc1. The summed E-state index contributed by atoms with van der Waals surface area (Å²) in [6.45, 7) is 6.67. The van der Waals surface area contributed by atoms with Crippen LogP contribution in [0.1, 0.15) is 16.7 Å². The number of nitrogens with zero attached hydrogens (tertiary/aromatic N) is 2. The molecule has 346 valence electrons. The molecule has 0 heterocycles. The molecule has 0 bridgehead atoms. The van der Waals surface area contributed by atoms with Crippen LogP contribution in [-0.2, 0) is 0 Å². The molecule has 0 aromatic heterocycles. The second-order valence-electron chi connectivity index (χ2n) is 19.3. The number of anilines is 6. The van der Waals surface area contributed by atoms with E-state index in [2.05, 4.69) is 291 Å². The Morgan fingerprint density at radius 1 is 0.219 bits per heavy atom. The molecule has 0 fully saturated rings. The lowest BCUT2D eigenvalue weighted by atomic mass is 9.65. The lowest BCUT2D eigenvalue weighted by molar-refractivity contribution is 1.22. The molecule has 2 nitrogen and oxygen atoms in total. The molecular formula is C71H52N2. The van der Waals surface area contributed by atoms with E-state index in [4.69, 9.17) is 0 Å². The Hall–Kier alpha value is -9.24. The Morgan fingerprint density at radius 3 is 0.932 bits per heavy atom. The molecule has 0 amide bonds. The molecular weight excluding hydrogens is 881 g/mol. The van der Waals surface area contributed by atoms with Gasteiger partial charge >= 0.3 is 0 Å². The second kappa shape index (κ2) is 18.2. The van der Waals surface area contributed by atoms with Gasteiger partial charge in [-0.15, -0.1) is 0 Å². The highest BCUT2D eigenvalue weighted by atomic mass is 15.2. The van der Waals surface area contributed by atoms with E-state index in [-0.39, 0.29) is 0 Å². The van der Waals surface area contributed by atoms with Crippen LogP contribution in [0.2, 0.25) is 0 Å². The van der Waals surface area contributed by atoms with Crippen LogP contribution in [0.3, 0.4) is 0 Å². The zero-order valence-corrected chi connectivity index (χ0v) is 41.2. The van der Waals surface area contributed by atoms with Crippen molar-refractivity contribution in [3.05, 3.63) is 278 Å². The van der Waals surface area contributed by atoms with E-state index >= 15 is 0 Å². The number of aryl methyl sites for hydroxylation is 3. The lowest BCUT2D eigenvalue weighted by Crippen LogP contribution is -2.14. The molecule has 0 aliphatic heterocycles. The molecule has 0 N–H and O–H groups in total. The van der Waals surface area contributed by atoms with Gasteiger partial charge in [-0.3, -0.25) is 0 Å². The van der Waals surface area contributed by atoms with Gasteiger partial charge in [0.15, 0.2) is 0 Å². The van der Waals surface area contributed by atoms with E-state index < -0.39 is 0 Å². The molecule has 0 unspecified atom stereocenters. The van der Waals surface area contributed by atoms with Crippen molar-refractivity contribution < 1.29 is 0 Å². The summed E-state index contributed by atoms with van der Waals surface area (Å²) in [4.78, 5) is 4.88. The first-order chi connectivity index (χ1) is 36.0. The third-order valence-corrected chi connectivity index (χ3v) is 14.9. The number of para-hydroxylation sites is 4. The Labute approximate surface area is 428 Å². The molecule has 0 spiro atoms. The van der Waals surface area contributed by atoms with E-state index in [1.165, 1.54) is 111 Å². The molecule has 0 saturated heterocycles. The monoisotopic (exact) mass is 932 g/mol. The summed E-state index contributed by atoms with van der Waals surface area (Å²) in [6, 6.07) is 95.9. The maximum Gasteiger partial charge on any atom is 0.0519 e. The summed E-state index contributed by atoms with van der Waals surface area (Å²) in [5.41, 5.74) is 25.4. The van der Waals surface area contributed by atoms with Crippen molar-refractivity contribution in [2.75, 3.05) is 9.80 Å². The summed E-state index contributed by atoms with van der Waals surface area (Å²) in [6.07, 6.45) is 0. The summed E-state index contributed by atoms with van der Waals surface area (Å²) in [5, 5.41) is 4.86. The van der Waals surface area contributed by atoms with Gasteiger partial charge in [0.25, 0.3) is 0 Å². The molecule has 0 radical (unpaired) electrons. The maximum atomic E-state index is 2.47. The molecule has 1 aliphatic rings. The molecule has 12 aromatic carbocycles. The number of hydrogen-bond acceptors (Lipinski definition) is 2. The van der Waals surface area contributed by atoms with Crippen LogP contribution in [0.5, 0.6) is 0 Å². The molecule has 2 heteroatoms. The third-order valence-electron chi connectivity index (χ3n) is 14.9. The highest BCUT2D eigenvalue weighted by molar-refractivity contribution is 6.33. The van der Waals surface area contributed by atoms with E-state index in [1.807, 2.05) is 0 Å². The fraction of sp³-hybridized carbons (Fsp3) is 0.0423. The van der Waals surface area contributed by atoms with Gasteiger partial charge in [-0.1, -0.05) is 206 Å². The zero-order valence-electron chi connectivity index (χ0n) is 41.2. The molecule has 0 saturated carbocycles. The second-order valence-corrected chi connectivity index (χ2v) is 19.3. The van der Waals surface area contributed by atoms with Gasteiger partial charge in [0, 0.05) is 28.4 Å². The number of rotatable bonds is 10. The fourth-order valence-corrected chi connectivity index (χ4v) is 11.7.